The molecule has 18 heavy (non-hydrogen) atoms. The molecule has 0 aliphatic carbocycles. The zero-order chi connectivity index (χ0) is 12.6. The van der Waals surface area contributed by atoms with E-state index in [1.54, 1.807) is 0 Å². The fourth-order valence-electron chi connectivity index (χ4n) is 1.70. The van der Waals surface area contributed by atoms with Crippen LogP contribution in [0.15, 0.2) is 59.8 Å². The number of benzene rings is 2. The van der Waals surface area contributed by atoms with Crippen molar-refractivity contribution in [3.8, 4) is 5.75 Å². The molecule has 0 heterocycles. The molecule has 92 valence electrons. The Kier molecular flexibility index (Phi) is 4.36. The summed E-state index contributed by atoms with van der Waals surface area (Å²) in [5.41, 5.74) is 2.01. The van der Waals surface area contributed by atoms with Crippen LogP contribution in [0.5, 0.6) is 5.75 Å². The Balaban J connectivity index is 1.94. The number of hydrogen-bond acceptors (Lipinski definition) is 3. The Morgan fingerprint density at radius 2 is 1.72 bits per heavy atom. The predicted molar refractivity (Wildman–Crippen MR) is 71.5 cm³/mol. The highest BCUT2D eigenvalue weighted by Gasteiger charge is 2.00. The van der Waals surface area contributed by atoms with Gasteiger partial charge in [0.2, 0.25) is 0 Å². The van der Waals surface area contributed by atoms with Crippen molar-refractivity contribution in [2.75, 3.05) is 6.61 Å². The van der Waals surface area contributed by atoms with Gasteiger partial charge >= 0.3 is 0 Å². The molecular formula is C15H15NO2. The zero-order valence-corrected chi connectivity index (χ0v) is 9.99. The standard InChI is InChI=1S/C15H15NO2/c17-16-12-14-8-4-5-9-15(14)18-11-10-13-6-2-1-3-7-13/h1-9,12,17H,10-11H2. The van der Waals surface area contributed by atoms with E-state index in [2.05, 4.69) is 17.3 Å². The summed E-state index contributed by atoms with van der Waals surface area (Å²) in [6.45, 7) is 0.598. The first-order valence-electron chi connectivity index (χ1n) is 5.83. The summed E-state index contributed by atoms with van der Waals surface area (Å²) in [7, 11) is 0. The Morgan fingerprint density at radius 1 is 1.00 bits per heavy atom. The van der Waals surface area contributed by atoms with Crippen LogP contribution < -0.4 is 4.74 Å². The highest BCUT2D eigenvalue weighted by atomic mass is 16.5. The average Bonchev–Trinajstić information content (AvgIpc) is 2.42. The largest absolute Gasteiger partial charge is 0.493 e. The van der Waals surface area contributed by atoms with Gasteiger partial charge in [-0.3, -0.25) is 0 Å². The van der Waals surface area contributed by atoms with Crippen molar-refractivity contribution in [3.63, 3.8) is 0 Å². The van der Waals surface area contributed by atoms with Gasteiger partial charge in [0, 0.05) is 12.0 Å². The molecule has 0 atom stereocenters. The first-order valence-corrected chi connectivity index (χ1v) is 5.83. The fraction of sp³-hybridized carbons (Fsp3) is 0.133. The number of para-hydroxylation sites is 1. The highest BCUT2D eigenvalue weighted by molar-refractivity contribution is 5.82. The van der Waals surface area contributed by atoms with Gasteiger partial charge in [0.25, 0.3) is 0 Å². The van der Waals surface area contributed by atoms with Crippen molar-refractivity contribution in [1.82, 2.24) is 0 Å². The summed E-state index contributed by atoms with van der Waals surface area (Å²) in [6, 6.07) is 17.7. The van der Waals surface area contributed by atoms with Gasteiger partial charge in [0.15, 0.2) is 0 Å². The molecule has 0 aromatic heterocycles. The topological polar surface area (TPSA) is 41.8 Å². The van der Waals surface area contributed by atoms with E-state index in [1.807, 2.05) is 42.5 Å². The molecule has 0 spiro atoms. The first kappa shape index (κ1) is 12.2. The van der Waals surface area contributed by atoms with Crippen LogP contribution in [-0.2, 0) is 6.42 Å². The first-order chi connectivity index (χ1) is 8.90. The van der Waals surface area contributed by atoms with E-state index in [-0.39, 0.29) is 0 Å². The normalized spacial score (nSPS) is 10.7. The van der Waals surface area contributed by atoms with E-state index in [9.17, 15) is 0 Å². The molecule has 0 fully saturated rings. The summed E-state index contributed by atoms with van der Waals surface area (Å²) < 4.78 is 5.69. The summed E-state index contributed by atoms with van der Waals surface area (Å²) in [5, 5.41) is 11.6. The number of nitrogens with zero attached hydrogens (tertiary/aromatic N) is 1. The smallest absolute Gasteiger partial charge is 0.128 e. The van der Waals surface area contributed by atoms with Crippen molar-refractivity contribution in [2.45, 2.75) is 6.42 Å². The number of ether oxygens (including phenoxy) is 1. The van der Waals surface area contributed by atoms with Gasteiger partial charge in [-0.15, -0.1) is 0 Å². The fourth-order valence-corrected chi connectivity index (χ4v) is 1.70. The van der Waals surface area contributed by atoms with Crippen molar-refractivity contribution in [3.05, 3.63) is 65.7 Å². The summed E-state index contributed by atoms with van der Waals surface area (Å²) in [6.07, 6.45) is 2.23. The third kappa shape index (κ3) is 3.35. The van der Waals surface area contributed by atoms with E-state index in [1.165, 1.54) is 11.8 Å². The highest BCUT2D eigenvalue weighted by Crippen LogP contribution is 2.16. The van der Waals surface area contributed by atoms with Crippen LogP contribution in [0.3, 0.4) is 0 Å². The average molecular weight is 241 g/mol. The predicted octanol–water partition coefficient (Wildman–Crippen LogP) is 3.12. The quantitative estimate of drug-likeness (QED) is 0.496. The van der Waals surface area contributed by atoms with Crippen molar-refractivity contribution < 1.29 is 9.94 Å². The minimum Gasteiger partial charge on any atom is -0.493 e. The van der Waals surface area contributed by atoms with Gasteiger partial charge in [0.05, 0.1) is 12.8 Å². The minimum atomic E-state index is 0.598. The molecular weight excluding hydrogens is 226 g/mol. The second-order valence-corrected chi connectivity index (χ2v) is 3.87. The molecule has 0 saturated heterocycles. The van der Waals surface area contributed by atoms with Gasteiger partial charge in [0.1, 0.15) is 5.75 Å². The van der Waals surface area contributed by atoms with Crippen molar-refractivity contribution >= 4 is 6.21 Å². The number of rotatable bonds is 5. The molecule has 2 aromatic rings. The van der Waals surface area contributed by atoms with E-state index >= 15 is 0 Å². The Hall–Kier alpha value is -2.29. The molecule has 3 heteroatoms. The molecule has 0 radical (unpaired) electrons. The Morgan fingerprint density at radius 3 is 2.50 bits per heavy atom. The maximum absolute atomic E-state index is 8.56. The van der Waals surface area contributed by atoms with E-state index in [0.717, 1.165) is 17.7 Å². The van der Waals surface area contributed by atoms with Crippen LogP contribution in [0.25, 0.3) is 0 Å². The molecule has 0 aliphatic rings. The molecule has 3 nitrogen and oxygen atoms in total. The van der Waals surface area contributed by atoms with Crippen LogP contribution in [0, 0.1) is 0 Å². The summed E-state index contributed by atoms with van der Waals surface area (Å²) >= 11 is 0. The van der Waals surface area contributed by atoms with Crippen molar-refractivity contribution in [1.29, 1.82) is 0 Å². The lowest BCUT2D eigenvalue weighted by Crippen LogP contribution is -2.03. The van der Waals surface area contributed by atoms with E-state index in [4.69, 9.17) is 9.94 Å². The second-order valence-electron chi connectivity index (χ2n) is 3.87. The maximum Gasteiger partial charge on any atom is 0.128 e. The lowest BCUT2D eigenvalue weighted by atomic mass is 10.2. The van der Waals surface area contributed by atoms with Gasteiger partial charge < -0.3 is 9.94 Å². The van der Waals surface area contributed by atoms with Crippen LogP contribution in [0.2, 0.25) is 0 Å². The third-order valence-electron chi connectivity index (χ3n) is 2.61. The Labute approximate surface area is 106 Å². The molecule has 0 bridgehead atoms. The zero-order valence-electron chi connectivity index (χ0n) is 9.99. The van der Waals surface area contributed by atoms with Crippen molar-refractivity contribution in [2.24, 2.45) is 5.16 Å². The third-order valence-corrected chi connectivity index (χ3v) is 2.61. The molecule has 2 aromatic carbocycles. The molecule has 0 amide bonds. The lowest BCUT2D eigenvalue weighted by molar-refractivity contribution is 0.316. The van der Waals surface area contributed by atoms with E-state index < -0.39 is 0 Å². The molecule has 1 N–H and O–H groups in total. The number of oxime groups is 1. The lowest BCUT2D eigenvalue weighted by Gasteiger charge is -2.08. The number of hydrogen-bond donors (Lipinski definition) is 1. The SMILES string of the molecule is ON=Cc1ccccc1OCCc1ccccc1. The molecule has 2 rings (SSSR count). The van der Waals surface area contributed by atoms with Gasteiger partial charge in [-0.25, -0.2) is 0 Å². The monoisotopic (exact) mass is 241 g/mol. The molecule has 0 unspecified atom stereocenters. The van der Waals surface area contributed by atoms with E-state index in [0.29, 0.717) is 6.61 Å². The second kappa shape index (κ2) is 6.45. The van der Waals surface area contributed by atoms with Crippen LogP contribution in [-0.4, -0.2) is 18.0 Å². The summed E-state index contributed by atoms with van der Waals surface area (Å²) in [5.74, 6) is 0.728. The molecule has 0 aliphatic heterocycles. The summed E-state index contributed by atoms with van der Waals surface area (Å²) in [4.78, 5) is 0. The van der Waals surface area contributed by atoms with Gasteiger partial charge in [-0.1, -0.05) is 47.6 Å². The van der Waals surface area contributed by atoms with Gasteiger partial charge in [-0.05, 0) is 17.7 Å². The van der Waals surface area contributed by atoms with Crippen LogP contribution in [0.4, 0.5) is 0 Å². The molecule has 0 saturated carbocycles. The van der Waals surface area contributed by atoms with Crippen LogP contribution >= 0.6 is 0 Å². The minimum absolute atomic E-state index is 0.598. The van der Waals surface area contributed by atoms with Gasteiger partial charge in [-0.2, -0.15) is 0 Å². The van der Waals surface area contributed by atoms with Crippen LogP contribution in [0.1, 0.15) is 11.1 Å². The maximum atomic E-state index is 8.56. The Bertz CT molecular complexity index is 509.